The Morgan fingerprint density at radius 3 is 2.59 bits per heavy atom. The summed E-state index contributed by atoms with van der Waals surface area (Å²) in [6.45, 7) is -0.0123. The maximum absolute atomic E-state index is 12.0. The van der Waals surface area contributed by atoms with Crippen LogP contribution in [0.2, 0.25) is 0 Å². The van der Waals surface area contributed by atoms with Gasteiger partial charge >= 0.3 is 0 Å². The molecule has 1 heterocycles. The molecule has 94 valence electrons. The largest absolute Gasteiger partial charge is 0.382 e. The Labute approximate surface area is 103 Å². The number of amides is 2. The molecule has 0 atom stereocenters. The van der Waals surface area contributed by atoms with Crippen molar-refractivity contribution in [3.05, 3.63) is 4.88 Å². The van der Waals surface area contributed by atoms with Gasteiger partial charge in [0.05, 0.1) is 6.54 Å². The van der Waals surface area contributed by atoms with Gasteiger partial charge in [0.15, 0.2) is 5.13 Å². The van der Waals surface area contributed by atoms with E-state index >= 15 is 0 Å². The molecule has 0 saturated heterocycles. The second-order valence-corrected chi connectivity index (χ2v) is 4.32. The Morgan fingerprint density at radius 2 is 2.12 bits per heavy atom. The average molecular weight is 257 g/mol. The third kappa shape index (κ3) is 3.06. The number of hydrogen-bond acceptors (Lipinski definition) is 6. The number of aromatic nitrogens is 1. The molecule has 2 amide bonds. The van der Waals surface area contributed by atoms with E-state index < -0.39 is 0 Å². The van der Waals surface area contributed by atoms with Gasteiger partial charge in [0.2, 0.25) is 5.91 Å². The normalized spacial score (nSPS) is 9.82. The third-order valence-electron chi connectivity index (χ3n) is 2.07. The number of carbonyl (C=O) groups is 2. The molecule has 0 fully saturated rings. The Morgan fingerprint density at radius 1 is 1.47 bits per heavy atom. The summed E-state index contributed by atoms with van der Waals surface area (Å²) in [5, 5.41) is 5.82. The number of nitrogen functional groups attached to an aromatic ring is 1. The minimum absolute atomic E-state index is 0.0123. The van der Waals surface area contributed by atoms with E-state index in [0.717, 1.165) is 11.3 Å². The fourth-order valence-corrected chi connectivity index (χ4v) is 1.96. The lowest BCUT2D eigenvalue weighted by atomic mass is 10.4. The first-order chi connectivity index (χ1) is 7.99. The minimum Gasteiger partial charge on any atom is -0.382 e. The maximum atomic E-state index is 12.0. The molecule has 0 bridgehead atoms. The van der Waals surface area contributed by atoms with Crippen LogP contribution in [0, 0.1) is 0 Å². The van der Waals surface area contributed by atoms with Crippen molar-refractivity contribution in [2.24, 2.45) is 0 Å². The molecule has 0 spiro atoms. The van der Waals surface area contributed by atoms with Crippen LogP contribution in [0.15, 0.2) is 0 Å². The summed E-state index contributed by atoms with van der Waals surface area (Å²) < 4.78 is 0. The quantitative estimate of drug-likeness (QED) is 0.680. The molecule has 17 heavy (non-hydrogen) atoms. The van der Waals surface area contributed by atoms with Gasteiger partial charge in [-0.15, -0.1) is 0 Å². The van der Waals surface area contributed by atoms with Crippen LogP contribution in [-0.4, -0.2) is 49.4 Å². The van der Waals surface area contributed by atoms with Crippen molar-refractivity contribution in [3.63, 3.8) is 0 Å². The molecule has 1 aromatic rings. The van der Waals surface area contributed by atoms with Crippen molar-refractivity contribution in [3.8, 4) is 0 Å². The number of nitrogens with two attached hydrogens (primary N) is 1. The fraction of sp³-hybridized carbons (Fsp3) is 0.444. The molecular weight excluding hydrogens is 242 g/mol. The monoisotopic (exact) mass is 257 g/mol. The van der Waals surface area contributed by atoms with Crippen molar-refractivity contribution in [1.29, 1.82) is 0 Å². The molecule has 0 aliphatic heterocycles. The highest BCUT2D eigenvalue weighted by atomic mass is 32.1. The number of carbonyl (C=O) groups excluding carboxylic acids is 2. The van der Waals surface area contributed by atoms with Crippen molar-refractivity contribution in [2.75, 3.05) is 38.7 Å². The number of thiazole rings is 1. The van der Waals surface area contributed by atoms with Crippen LogP contribution in [0.4, 0.5) is 10.9 Å². The van der Waals surface area contributed by atoms with Crippen LogP contribution in [0.5, 0.6) is 0 Å². The first-order valence-corrected chi connectivity index (χ1v) is 5.71. The number of nitrogens with zero attached hydrogens (tertiary/aromatic N) is 2. The van der Waals surface area contributed by atoms with Gasteiger partial charge in [0.25, 0.3) is 5.91 Å². The van der Waals surface area contributed by atoms with E-state index in [0.29, 0.717) is 10.0 Å². The highest BCUT2D eigenvalue weighted by molar-refractivity contribution is 7.18. The number of likely N-dealkylation sites (N-methyl/N-ethyl adjacent to an activating group) is 2. The van der Waals surface area contributed by atoms with Crippen molar-refractivity contribution in [2.45, 2.75) is 0 Å². The zero-order chi connectivity index (χ0) is 13.0. The molecule has 4 N–H and O–H groups in total. The highest BCUT2D eigenvalue weighted by Crippen LogP contribution is 2.25. The van der Waals surface area contributed by atoms with Gasteiger partial charge < -0.3 is 21.3 Å². The van der Waals surface area contributed by atoms with Gasteiger partial charge in [-0.05, 0) is 0 Å². The first-order valence-electron chi connectivity index (χ1n) is 4.89. The van der Waals surface area contributed by atoms with Crippen LogP contribution >= 0.6 is 11.3 Å². The summed E-state index contributed by atoms with van der Waals surface area (Å²) in [5.41, 5.74) is 5.63. The van der Waals surface area contributed by atoms with Gasteiger partial charge in [0.1, 0.15) is 10.7 Å². The summed E-state index contributed by atoms with van der Waals surface area (Å²) in [6.07, 6.45) is 0. The SMILES string of the molecule is CNC(=O)CN(C)C(=O)c1sc(NC)nc1N. The van der Waals surface area contributed by atoms with Gasteiger partial charge in [-0.1, -0.05) is 11.3 Å². The third-order valence-corrected chi connectivity index (χ3v) is 3.14. The Kier molecular flexibility index (Phi) is 4.27. The predicted octanol–water partition coefficient (Wildman–Crippen LogP) is -0.415. The van der Waals surface area contributed by atoms with Crippen molar-refractivity contribution >= 4 is 34.1 Å². The highest BCUT2D eigenvalue weighted by Gasteiger charge is 2.20. The Balaban J connectivity index is 2.81. The zero-order valence-electron chi connectivity index (χ0n) is 9.90. The van der Waals surface area contributed by atoms with E-state index in [1.54, 1.807) is 7.05 Å². The fourth-order valence-electron chi connectivity index (χ4n) is 1.13. The summed E-state index contributed by atoms with van der Waals surface area (Å²) >= 11 is 1.16. The molecule has 0 aromatic carbocycles. The summed E-state index contributed by atoms with van der Waals surface area (Å²) in [4.78, 5) is 28.7. The second-order valence-electron chi connectivity index (χ2n) is 3.32. The van der Waals surface area contributed by atoms with Gasteiger partial charge in [-0.2, -0.15) is 0 Å². The molecule has 0 unspecified atom stereocenters. The standard InChI is InChI=1S/C9H15N5O2S/c1-11-5(15)4-14(3)8(16)6-7(10)13-9(12-2)17-6/h4,10H2,1-3H3,(H,11,15)(H,12,13). The molecule has 8 heteroatoms. The maximum Gasteiger partial charge on any atom is 0.268 e. The second kappa shape index (κ2) is 5.48. The number of hydrogen-bond donors (Lipinski definition) is 3. The zero-order valence-corrected chi connectivity index (χ0v) is 10.7. The summed E-state index contributed by atoms with van der Waals surface area (Å²) in [5.74, 6) is -0.379. The average Bonchev–Trinajstić information content (AvgIpc) is 2.69. The molecule has 0 aliphatic rings. The van der Waals surface area contributed by atoms with E-state index in [9.17, 15) is 9.59 Å². The van der Waals surface area contributed by atoms with Crippen molar-refractivity contribution in [1.82, 2.24) is 15.2 Å². The molecule has 7 nitrogen and oxygen atoms in total. The summed E-state index contributed by atoms with van der Waals surface area (Å²) in [6, 6.07) is 0. The smallest absolute Gasteiger partial charge is 0.268 e. The molecule has 1 aromatic heterocycles. The molecule has 1 rings (SSSR count). The first kappa shape index (κ1) is 13.2. The Bertz CT molecular complexity index is 431. The van der Waals surface area contributed by atoms with Gasteiger partial charge in [-0.3, -0.25) is 9.59 Å². The van der Waals surface area contributed by atoms with E-state index in [1.807, 2.05) is 0 Å². The van der Waals surface area contributed by atoms with Gasteiger partial charge in [-0.25, -0.2) is 4.98 Å². The topological polar surface area (TPSA) is 100 Å². The number of nitrogens with one attached hydrogen (secondary N) is 2. The van der Waals surface area contributed by atoms with E-state index in [1.165, 1.54) is 19.0 Å². The van der Waals surface area contributed by atoms with Crippen LogP contribution in [0.3, 0.4) is 0 Å². The van der Waals surface area contributed by atoms with Crippen LogP contribution < -0.4 is 16.4 Å². The molecule has 0 radical (unpaired) electrons. The van der Waals surface area contributed by atoms with E-state index in [2.05, 4.69) is 15.6 Å². The lowest BCUT2D eigenvalue weighted by molar-refractivity contribution is -0.121. The molecular formula is C9H15N5O2S. The van der Waals surface area contributed by atoms with Crippen LogP contribution in [0.25, 0.3) is 0 Å². The minimum atomic E-state index is -0.315. The van der Waals surface area contributed by atoms with Gasteiger partial charge in [0, 0.05) is 21.1 Å². The number of rotatable bonds is 4. The lowest BCUT2D eigenvalue weighted by Gasteiger charge is -2.14. The van der Waals surface area contributed by atoms with E-state index in [4.69, 9.17) is 5.73 Å². The predicted molar refractivity (Wildman–Crippen MR) is 67.1 cm³/mol. The lowest BCUT2D eigenvalue weighted by Crippen LogP contribution is -2.36. The van der Waals surface area contributed by atoms with Crippen LogP contribution in [0.1, 0.15) is 9.67 Å². The molecule has 0 aliphatic carbocycles. The van der Waals surface area contributed by atoms with Crippen LogP contribution in [-0.2, 0) is 4.79 Å². The molecule has 0 saturated carbocycles. The van der Waals surface area contributed by atoms with Crippen molar-refractivity contribution < 1.29 is 9.59 Å². The summed E-state index contributed by atoms with van der Waals surface area (Å²) in [7, 11) is 4.75. The van der Waals surface area contributed by atoms with E-state index in [-0.39, 0.29) is 24.2 Å². The number of anilines is 2. The Hall–Kier alpha value is -1.83.